The average Bonchev–Trinajstić information content (AvgIpc) is 2.75. The van der Waals surface area contributed by atoms with Crippen LogP contribution in [0.1, 0.15) is 59.3 Å². The first-order chi connectivity index (χ1) is 8.44. The fraction of sp³-hybridized carbons (Fsp3) is 0.882. The van der Waals surface area contributed by atoms with E-state index in [0.717, 1.165) is 6.42 Å². The number of fused-ring (bicyclic) bond motifs is 1. The molecular weight excluding hydrogens is 220 g/mol. The Balaban J connectivity index is 2.04. The predicted octanol–water partition coefficient (Wildman–Crippen LogP) is 4.17. The van der Waals surface area contributed by atoms with Crippen molar-refractivity contribution in [2.24, 2.45) is 28.6 Å². The van der Waals surface area contributed by atoms with Crippen LogP contribution >= 0.6 is 0 Å². The number of rotatable bonds is 0. The molecule has 102 valence electrons. The summed E-state index contributed by atoms with van der Waals surface area (Å²) in [6.45, 7) is 11.4. The van der Waals surface area contributed by atoms with Crippen molar-refractivity contribution >= 4 is 0 Å². The molecule has 0 aromatic rings. The van der Waals surface area contributed by atoms with E-state index in [-0.39, 0.29) is 16.9 Å². The van der Waals surface area contributed by atoms with E-state index in [1.807, 2.05) is 0 Å². The number of aliphatic hydroxyl groups excluding tert-OH is 1. The van der Waals surface area contributed by atoms with E-state index >= 15 is 0 Å². The van der Waals surface area contributed by atoms with Gasteiger partial charge in [-0.1, -0.05) is 45.8 Å². The van der Waals surface area contributed by atoms with E-state index in [4.69, 9.17) is 0 Å². The minimum atomic E-state index is -0.157. The Hall–Kier alpha value is -0.300. The van der Waals surface area contributed by atoms with Crippen molar-refractivity contribution in [1.29, 1.82) is 0 Å². The summed E-state index contributed by atoms with van der Waals surface area (Å²) in [7, 11) is 0. The molecule has 3 saturated carbocycles. The van der Waals surface area contributed by atoms with Gasteiger partial charge in [0.05, 0.1) is 6.10 Å². The largest absolute Gasteiger partial charge is 0.392 e. The van der Waals surface area contributed by atoms with Crippen LogP contribution in [-0.4, -0.2) is 11.2 Å². The molecule has 1 nitrogen and oxygen atoms in total. The second kappa shape index (κ2) is 3.85. The Morgan fingerprint density at radius 2 is 1.89 bits per heavy atom. The molecule has 3 rings (SSSR count). The van der Waals surface area contributed by atoms with Crippen molar-refractivity contribution in [3.05, 3.63) is 12.2 Å². The van der Waals surface area contributed by atoms with Gasteiger partial charge in [0, 0.05) is 5.41 Å². The van der Waals surface area contributed by atoms with Gasteiger partial charge in [-0.15, -0.1) is 0 Å². The van der Waals surface area contributed by atoms with Gasteiger partial charge in [-0.3, -0.25) is 0 Å². The third-order valence-electron chi connectivity index (χ3n) is 7.21. The molecule has 3 aliphatic rings. The molecule has 1 N–H and O–H groups in total. The smallest absolute Gasteiger partial charge is 0.0694 e. The lowest BCUT2D eigenvalue weighted by atomic mass is 9.61. The van der Waals surface area contributed by atoms with Crippen LogP contribution in [0.4, 0.5) is 0 Å². The van der Waals surface area contributed by atoms with E-state index in [1.54, 1.807) is 0 Å². The van der Waals surface area contributed by atoms with Crippen LogP contribution in [0.15, 0.2) is 12.2 Å². The van der Waals surface area contributed by atoms with Crippen LogP contribution in [-0.2, 0) is 0 Å². The summed E-state index contributed by atoms with van der Waals surface area (Å²) in [5.74, 6) is 1.99. The van der Waals surface area contributed by atoms with Gasteiger partial charge in [-0.2, -0.15) is 0 Å². The van der Waals surface area contributed by atoms with Crippen LogP contribution in [0.3, 0.4) is 0 Å². The first-order valence-corrected chi connectivity index (χ1v) is 7.80. The van der Waals surface area contributed by atoms with Crippen LogP contribution in [0.2, 0.25) is 0 Å². The molecular formula is C17H28O. The van der Waals surface area contributed by atoms with E-state index in [2.05, 4.69) is 27.4 Å². The Bertz CT molecular complexity index is 374. The summed E-state index contributed by atoms with van der Waals surface area (Å²) in [4.78, 5) is 0. The molecule has 0 radical (unpaired) electrons. The summed E-state index contributed by atoms with van der Waals surface area (Å²) >= 11 is 0. The minimum Gasteiger partial charge on any atom is -0.392 e. The standard InChI is InChI=1S/C17H28O/c1-11-6-5-7-14-10-17(15(18)16(11,14)4)12(2)8-9-13(17)3/h11,13-15,18H,2,5-10H2,1,3-4H3/t11-,13-,14+,15-,16+,17+/m1/s1. The van der Waals surface area contributed by atoms with Gasteiger partial charge in [-0.25, -0.2) is 0 Å². The van der Waals surface area contributed by atoms with Crippen LogP contribution in [0.5, 0.6) is 0 Å². The molecule has 0 aromatic carbocycles. The highest BCUT2D eigenvalue weighted by Crippen LogP contribution is 2.68. The second-order valence-electron chi connectivity index (χ2n) is 7.59. The minimum absolute atomic E-state index is 0.0536. The number of hydrogen-bond donors (Lipinski definition) is 1. The fourth-order valence-corrected chi connectivity index (χ4v) is 5.62. The van der Waals surface area contributed by atoms with Crippen molar-refractivity contribution in [2.75, 3.05) is 0 Å². The predicted molar refractivity (Wildman–Crippen MR) is 75.2 cm³/mol. The van der Waals surface area contributed by atoms with Crippen molar-refractivity contribution in [1.82, 2.24) is 0 Å². The maximum Gasteiger partial charge on any atom is 0.0694 e. The lowest BCUT2D eigenvalue weighted by Gasteiger charge is -2.46. The van der Waals surface area contributed by atoms with Crippen LogP contribution in [0.25, 0.3) is 0 Å². The molecule has 1 heteroatoms. The average molecular weight is 248 g/mol. The molecule has 3 fully saturated rings. The Morgan fingerprint density at radius 1 is 1.17 bits per heavy atom. The summed E-state index contributed by atoms with van der Waals surface area (Å²) < 4.78 is 0. The van der Waals surface area contributed by atoms with Crippen molar-refractivity contribution in [3.8, 4) is 0 Å². The molecule has 0 aliphatic heterocycles. The summed E-state index contributed by atoms with van der Waals surface area (Å²) in [6, 6.07) is 0. The van der Waals surface area contributed by atoms with Gasteiger partial charge in [-0.05, 0) is 48.9 Å². The zero-order chi connectivity index (χ0) is 13.1. The molecule has 0 amide bonds. The molecule has 0 unspecified atom stereocenters. The molecule has 0 heterocycles. The Labute approximate surface area is 112 Å². The van der Waals surface area contributed by atoms with Gasteiger partial charge < -0.3 is 5.11 Å². The SMILES string of the molecule is C=C1CC[C@@H](C)[C@]12C[C@@H]1CCC[C@@H](C)[C@]1(C)[C@H]2O. The first-order valence-electron chi connectivity index (χ1n) is 7.80. The Kier molecular flexibility index (Phi) is 2.72. The Morgan fingerprint density at radius 3 is 2.44 bits per heavy atom. The maximum absolute atomic E-state index is 11.2. The zero-order valence-electron chi connectivity index (χ0n) is 12.2. The van der Waals surface area contributed by atoms with Crippen LogP contribution < -0.4 is 0 Å². The molecule has 1 spiro atoms. The van der Waals surface area contributed by atoms with Gasteiger partial charge in [0.15, 0.2) is 0 Å². The summed E-state index contributed by atoms with van der Waals surface area (Å²) in [5, 5.41) is 11.2. The van der Waals surface area contributed by atoms with E-state index in [9.17, 15) is 5.11 Å². The molecule has 18 heavy (non-hydrogen) atoms. The van der Waals surface area contributed by atoms with Gasteiger partial charge in [0.25, 0.3) is 0 Å². The normalized spacial score (nSPS) is 56.1. The van der Waals surface area contributed by atoms with E-state index < -0.39 is 0 Å². The van der Waals surface area contributed by atoms with Crippen molar-refractivity contribution in [3.63, 3.8) is 0 Å². The summed E-state index contributed by atoms with van der Waals surface area (Å²) in [5.41, 5.74) is 1.54. The summed E-state index contributed by atoms with van der Waals surface area (Å²) in [6.07, 6.45) is 7.37. The van der Waals surface area contributed by atoms with Gasteiger partial charge in [0.1, 0.15) is 0 Å². The fourth-order valence-electron chi connectivity index (χ4n) is 5.62. The third kappa shape index (κ3) is 1.27. The highest BCUT2D eigenvalue weighted by Gasteiger charge is 2.65. The zero-order valence-corrected chi connectivity index (χ0v) is 12.2. The second-order valence-corrected chi connectivity index (χ2v) is 7.59. The lowest BCUT2D eigenvalue weighted by Crippen LogP contribution is -2.46. The third-order valence-corrected chi connectivity index (χ3v) is 7.21. The van der Waals surface area contributed by atoms with Gasteiger partial charge >= 0.3 is 0 Å². The van der Waals surface area contributed by atoms with E-state index in [1.165, 1.54) is 37.7 Å². The van der Waals surface area contributed by atoms with Crippen molar-refractivity contribution in [2.45, 2.75) is 65.4 Å². The van der Waals surface area contributed by atoms with E-state index in [0.29, 0.717) is 17.8 Å². The number of aliphatic hydroxyl groups is 1. The van der Waals surface area contributed by atoms with Crippen LogP contribution in [0, 0.1) is 28.6 Å². The highest BCUT2D eigenvalue weighted by atomic mass is 16.3. The molecule has 3 aliphatic carbocycles. The monoisotopic (exact) mass is 248 g/mol. The molecule has 0 aromatic heterocycles. The molecule has 0 bridgehead atoms. The van der Waals surface area contributed by atoms with Crippen molar-refractivity contribution < 1.29 is 5.11 Å². The highest BCUT2D eigenvalue weighted by molar-refractivity contribution is 5.27. The van der Waals surface area contributed by atoms with Gasteiger partial charge in [0.2, 0.25) is 0 Å². The quantitative estimate of drug-likeness (QED) is 0.638. The number of hydrogen-bond acceptors (Lipinski definition) is 1. The first kappa shape index (κ1) is 12.7. The maximum atomic E-state index is 11.2. The molecule has 0 saturated heterocycles. The lowest BCUT2D eigenvalue weighted by molar-refractivity contribution is -0.0643. The molecule has 6 atom stereocenters. The topological polar surface area (TPSA) is 20.2 Å².